The van der Waals surface area contributed by atoms with Gasteiger partial charge in [-0.3, -0.25) is 5.32 Å². The smallest absolute Gasteiger partial charge is 0.214 e. The van der Waals surface area contributed by atoms with Gasteiger partial charge in [0.2, 0.25) is 6.41 Å². The number of nitrogens with one attached hydrogen (secondary N) is 1. The van der Waals surface area contributed by atoms with Crippen LogP contribution in [-0.4, -0.2) is 56.8 Å². The van der Waals surface area contributed by atoms with Gasteiger partial charge in [0.25, 0.3) is 0 Å². The molecule has 1 aliphatic heterocycles. The number of rotatable bonds is 1. The summed E-state index contributed by atoms with van der Waals surface area (Å²) >= 11 is 0. The third kappa shape index (κ3) is 1.92. The van der Waals surface area contributed by atoms with Crippen LogP contribution in [0.2, 0.25) is 0 Å². The highest BCUT2D eigenvalue weighted by Gasteiger charge is 2.33. The predicted octanol–water partition coefficient (Wildman–Crippen LogP) is -2.81. The molecule has 72 valence electrons. The van der Waals surface area contributed by atoms with Gasteiger partial charge < -0.3 is 20.4 Å². The van der Waals surface area contributed by atoms with Gasteiger partial charge in [0.1, 0.15) is 12.5 Å². The number of piperazine rings is 1. The third-order valence-electron chi connectivity index (χ3n) is 2.02. The summed E-state index contributed by atoms with van der Waals surface area (Å²) in [5.41, 5.74) is 0. The summed E-state index contributed by atoms with van der Waals surface area (Å²) in [5, 5.41) is 38.4. The van der Waals surface area contributed by atoms with Gasteiger partial charge in [0.05, 0.1) is 6.04 Å². The molecule has 0 aromatic carbocycles. The molecule has 1 heterocycles. The van der Waals surface area contributed by atoms with Crippen LogP contribution in [0.4, 0.5) is 0 Å². The van der Waals surface area contributed by atoms with E-state index >= 15 is 0 Å². The summed E-state index contributed by atoms with van der Waals surface area (Å²) in [6.45, 7) is 1.71. The van der Waals surface area contributed by atoms with E-state index in [0.717, 1.165) is 0 Å². The Labute approximate surface area is 70.0 Å². The maximum Gasteiger partial charge on any atom is 0.214 e. The molecule has 0 aromatic heterocycles. The fourth-order valence-corrected chi connectivity index (χ4v) is 1.24. The Hall–Kier alpha value is -0.240. The van der Waals surface area contributed by atoms with Gasteiger partial charge in [0, 0.05) is 6.54 Å². The molecule has 0 bridgehead atoms. The van der Waals surface area contributed by atoms with Crippen molar-refractivity contribution >= 4 is 0 Å². The normalized spacial score (nSPS) is 39.0. The van der Waals surface area contributed by atoms with Gasteiger partial charge in [-0.15, -0.1) is 0 Å². The molecule has 5 N–H and O–H groups in total. The molecule has 0 saturated carbocycles. The number of nitrogens with zero attached hydrogens (tertiary/aromatic N) is 1. The van der Waals surface area contributed by atoms with E-state index in [-0.39, 0.29) is 6.54 Å². The number of hydrogen-bond acceptors (Lipinski definition) is 6. The van der Waals surface area contributed by atoms with Gasteiger partial charge >= 0.3 is 0 Å². The number of hydrogen-bond donors (Lipinski definition) is 5. The molecular weight excluding hydrogens is 164 g/mol. The van der Waals surface area contributed by atoms with E-state index < -0.39 is 24.9 Å². The first-order valence-corrected chi connectivity index (χ1v) is 3.76. The predicted molar refractivity (Wildman–Crippen MR) is 39.5 cm³/mol. The lowest BCUT2D eigenvalue weighted by molar-refractivity contribution is -0.212. The van der Waals surface area contributed by atoms with Crippen molar-refractivity contribution in [2.45, 2.75) is 31.8 Å². The van der Waals surface area contributed by atoms with E-state index in [1.165, 1.54) is 4.90 Å². The summed E-state index contributed by atoms with van der Waals surface area (Å²) in [6, 6.07) is -0.437. The van der Waals surface area contributed by atoms with E-state index in [4.69, 9.17) is 15.3 Å². The second-order valence-corrected chi connectivity index (χ2v) is 2.91. The standard InChI is InChI=1S/C6H14N2O4/c1-3-5(10)7-4(9)2-8(3)6(11)12/h3-7,9-12H,2H2,1H3. The van der Waals surface area contributed by atoms with Crippen LogP contribution in [0.15, 0.2) is 0 Å². The van der Waals surface area contributed by atoms with Gasteiger partial charge in [-0.1, -0.05) is 0 Å². The van der Waals surface area contributed by atoms with Gasteiger partial charge in [-0.05, 0) is 6.92 Å². The fourth-order valence-electron chi connectivity index (χ4n) is 1.24. The number of β-amino-alcohol motifs (C(OH)–C–C–N with tert-alkyl or cyclic N) is 1. The Balaban J connectivity index is 2.60. The lowest BCUT2D eigenvalue weighted by Gasteiger charge is -2.40. The molecule has 0 spiro atoms. The van der Waals surface area contributed by atoms with Crippen LogP contribution in [0.3, 0.4) is 0 Å². The second kappa shape index (κ2) is 3.65. The van der Waals surface area contributed by atoms with Crippen LogP contribution in [0.25, 0.3) is 0 Å². The molecule has 6 heteroatoms. The summed E-state index contributed by atoms with van der Waals surface area (Å²) in [5.74, 6) is 0. The zero-order valence-electron chi connectivity index (χ0n) is 6.75. The lowest BCUT2D eigenvalue weighted by Crippen LogP contribution is -2.63. The Bertz CT molecular complexity index is 154. The molecule has 1 aliphatic rings. The van der Waals surface area contributed by atoms with E-state index in [1.807, 2.05) is 0 Å². The highest BCUT2D eigenvalue weighted by Crippen LogP contribution is 2.11. The molecule has 0 amide bonds. The number of aliphatic hydroxyl groups is 4. The van der Waals surface area contributed by atoms with Gasteiger partial charge in [-0.2, -0.15) is 0 Å². The molecule has 0 radical (unpaired) electrons. The molecule has 0 aromatic rings. The van der Waals surface area contributed by atoms with Crippen molar-refractivity contribution in [2.75, 3.05) is 6.54 Å². The summed E-state index contributed by atoms with van der Waals surface area (Å²) in [7, 11) is 0. The van der Waals surface area contributed by atoms with Crippen molar-refractivity contribution in [1.29, 1.82) is 0 Å². The van der Waals surface area contributed by atoms with Crippen LogP contribution >= 0.6 is 0 Å². The first-order valence-electron chi connectivity index (χ1n) is 3.76. The molecule has 3 atom stereocenters. The van der Waals surface area contributed by atoms with Crippen molar-refractivity contribution in [3.05, 3.63) is 0 Å². The molecule has 3 unspecified atom stereocenters. The van der Waals surface area contributed by atoms with Crippen LogP contribution < -0.4 is 5.32 Å². The van der Waals surface area contributed by atoms with Gasteiger partial charge in [-0.25, -0.2) is 4.90 Å². The quantitative estimate of drug-likeness (QED) is 0.278. The van der Waals surface area contributed by atoms with Crippen molar-refractivity contribution in [1.82, 2.24) is 10.2 Å². The Kier molecular flexibility index (Phi) is 2.99. The summed E-state index contributed by atoms with van der Waals surface area (Å²) < 4.78 is 0. The van der Waals surface area contributed by atoms with Crippen molar-refractivity contribution in [3.8, 4) is 0 Å². The Morgan fingerprint density at radius 2 is 2.00 bits per heavy atom. The minimum absolute atomic E-state index is 0.0793. The van der Waals surface area contributed by atoms with Crippen molar-refractivity contribution in [3.63, 3.8) is 0 Å². The zero-order chi connectivity index (χ0) is 9.30. The first-order chi connectivity index (χ1) is 5.52. The SMILES string of the molecule is CC1C(O)NC(O)CN1C(O)O. The lowest BCUT2D eigenvalue weighted by atomic mass is 10.2. The van der Waals surface area contributed by atoms with Crippen molar-refractivity contribution in [2.24, 2.45) is 0 Å². The molecule has 1 rings (SSSR count). The van der Waals surface area contributed by atoms with Crippen LogP contribution in [0, 0.1) is 0 Å². The monoisotopic (exact) mass is 178 g/mol. The first kappa shape index (κ1) is 9.85. The fraction of sp³-hybridized carbons (Fsp3) is 1.00. The average molecular weight is 178 g/mol. The van der Waals surface area contributed by atoms with E-state index in [0.29, 0.717) is 0 Å². The second-order valence-electron chi connectivity index (χ2n) is 2.91. The highest BCUT2D eigenvalue weighted by atomic mass is 16.5. The van der Waals surface area contributed by atoms with E-state index in [1.54, 1.807) is 6.92 Å². The third-order valence-corrected chi connectivity index (χ3v) is 2.02. The molecule has 0 aliphatic carbocycles. The van der Waals surface area contributed by atoms with Crippen LogP contribution in [-0.2, 0) is 0 Å². The Morgan fingerprint density at radius 1 is 1.42 bits per heavy atom. The minimum Gasteiger partial charge on any atom is -0.377 e. The molecule has 1 saturated heterocycles. The molecule has 6 nitrogen and oxygen atoms in total. The van der Waals surface area contributed by atoms with E-state index in [2.05, 4.69) is 5.32 Å². The van der Waals surface area contributed by atoms with E-state index in [9.17, 15) is 5.11 Å². The highest BCUT2D eigenvalue weighted by molar-refractivity contribution is 4.81. The summed E-state index contributed by atoms with van der Waals surface area (Å²) in [6.07, 6.45) is -3.53. The zero-order valence-corrected chi connectivity index (χ0v) is 6.75. The minimum atomic E-state index is -1.65. The topological polar surface area (TPSA) is 96.2 Å². The maximum absolute atomic E-state index is 9.23. The molecule has 1 fully saturated rings. The molecule has 12 heavy (non-hydrogen) atoms. The number of aliphatic hydroxyl groups excluding tert-OH is 3. The maximum atomic E-state index is 9.23. The van der Waals surface area contributed by atoms with Crippen LogP contribution in [0.1, 0.15) is 6.92 Å². The Morgan fingerprint density at radius 3 is 2.50 bits per heavy atom. The average Bonchev–Trinajstić information content (AvgIpc) is 1.96. The van der Waals surface area contributed by atoms with Crippen LogP contribution in [0.5, 0.6) is 0 Å². The van der Waals surface area contributed by atoms with Crippen molar-refractivity contribution < 1.29 is 20.4 Å². The largest absolute Gasteiger partial charge is 0.377 e. The van der Waals surface area contributed by atoms with Gasteiger partial charge in [0.15, 0.2) is 0 Å². The molecular formula is C6H14N2O4. The summed E-state index contributed by atoms with van der Waals surface area (Å²) in [4.78, 5) is 1.19.